The van der Waals surface area contributed by atoms with Gasteiger partial charge in [0.05, 0.1) is 11.8 Å². The topological polar surface area (TPSA) is 29.1 Å². The van der Waals surface area contributed by atoms with Crippen LogP contribution >= 0.6 is 39.0 Å². The molecule has 0 bridgehead atoms. The summed E-state index contributed by atoms with van der Waals surface area (Å²) in [5, 5.41) is 5.22. The van der Waals surface area contributed by atoms with Gasteiger partial charge in [0.25, 0.3) is 0 Å². The van der Waals surface area contributed by atoms with Gasteiger partial charge in [-0.1, -0.05) is 6.42 Å². The first-order valence-electron chi connectivity index (χ1n) is 5.38. The second-order valence-corrected chi connectivity index (χ2v) is 6.93. The number of carbonyl (C=O) groups is 1. The van der Waals surface area contributed by atoms with Crippen molar-refractivity contribution in [3.63, 3.8) is 0 Å². The molecule has 1 N–H and O–H groups in total. The van der Waals surface area contributed by atoms with Crippen LogP contribution < -0.4 is 5.32 Å². The number of thioether (sulfide) groups is 1. The average molecular weight is 320 g/mol. The van der Waals surface area contributed by atoms with Crippen molar-refractivity contribution >= 4 is 44.9 Å². The Bertz CT molecular complexity index is 361. The largest absolute Gasteiger partial charge is 0.350 e. The van der Waals surface area contributed by atoms with Gasteiger partial charge in [0.15, 0.2) is 0 Å². The van der Waals surface area contributed by atoms with Crippen molar-refractivity contribution < 1.29 is 4.79 Å². The molecule has 2 rings (SSSR count). The number of hydrogen-bond acceptors (Lipinski definition) is 3. The third-order valence-electron chi connectivity index (χ3n) is 2.59. The van der Waals surface area contributed by atoms with Crippen LogP contribution in [0.4, 0.5) is 0 Å². The lowest BCUT2D eigenvalue weighted by Gasteiger charge is -2.20. The van der Waals surface area contributed by atoms with E-state index in [9.17, 15) is 4.79 Å². The molecule has 1 fully saturated rings. The Hall–Kier alpha value is -0.000000000000000111. The van der Waals surface area contributed by atoms with Crippen LogP contribution in [-0.2, 0) is 11.3 Å². The minimum atomic E-state index is 0.174. The molecule has 1 atom stereocenters. The van der Waals surface area contributed by atoms with Crippen molar-refractivity contribution in [1.29, 1.82) is 0 Å². The number of thiophene rings is 1. The Morgan fingerprint density at radius 3 is 3.06 bits per heavy atom. The zero-order chi connectivity index (χ0) is 11.4. The maximum absolute atomic E-state index is 11.9. The summed E-state index contributed by atoms with van der Waals surface area (Å²) in [7, 11) is 0. The standard InChI is InChI=1S/C11H14BrNOS2/c12-8-4-6-16-10(8)7-13-11(14)9-3-1-2-5-15-9/h4,6,9H,1-3,5,7H2,(H,13,14). The van der Waals surface area contributed by atoms with Crippen LogP contribution in [0, 0.1) is 0 Å². The van der Waals surface area contributed by atoms with E-state index in [1.165, 1.54) is 17.7 Å². The van der Waals surface area contributed by atoms with Gasteiger partial charge in [-0.05, 0) is 46.0 Å². The molecular weight excluding hydrogens is 306 g/mol. The van der Waals surface area contributed by atoms with Crippen molar-refractivity contribution in [3.8, 4) is 0 Å². The third-order valence-corrected chi connectivity index (χ3v) is 5.89. The van der Waals surface area contributed by atoms with Gasteiger partial charge in [-0.2, -0.15) is 0 Å². The van der Waals surface area contributed by atoms with Crippen LogP contribution in [0.3, 0.4) is 0 Å². The summed E-state index contributed by atoms with van der Waals surface area (Å²) in [6.07, 6.45) is 3.47. The van der Waals surface area contributed by atoms with Gasteiger partial charge in [-0.25, -0.2) is 0 Å². The molecule has 1 aromatic heterocycles. The van der Waals surface area contributed by atoms with Gasteiger partial charge >= 0.3 is 0 Å². The highest BCUT2D eigenvalue weighted by Crippen LogP contribution is 2.26. The summed E-state index contributed by atoms with van der Waals surface area (Å²) < 4.78 is 1.09. The van der Waals surface area contributed by atoms with Crippen molar-refractivity contribution in [2.75, 3.05) is 5.75 Å². The Kier molecular flexibility index (Phi) is 4.73. The molecule has 88 valence electrons. The van der Waals surface area contributed by atoms with Crippen LogP contribution in [0.25, 0.3) is 0 Å². The molecule has 1 unspecified atom stereocenters. The average Bonchev–Trinajstić information content (AvgIpc) is 2.73. The normalized spacial score (nSPS) is 20.7. The van der Waals surface area contributed by atoms with E-state index < -0.39 is 0 Å². The molecule has 5 heteroatoms. The molecule has 2 nitrogen and oxygen atoms in total. The van der Waals surface area contributed by atoms with E-state index in [4.69, 9.17) is 0 Å². The van der Waals surface area contributed by atoms with Gasteiger partial charge < -0.3 is 5.32 Å². The van der Waals surface area contributed by atoms with E-state index in [-0.39, 0.29) is 11.2 Å². The molecule has 0 radical (unpaired) electrons. The van der Waals surface area contributed by atoms with Crippen molar-refractivity contribution in [3.05, 3.63) is 20.8 Å². The predicted octanol–water partition coefficient (Wildman–Crippen LogP) is 3.41. The fraction of sp³-hybridized carbons (Fsp3) is 0.545. The Balaban J connectivity index is 1.81. The summed E-state index contributed by atoms with van der Waals surface area (Å²) in [6, 6.07) is 2.02. The van der Waals surface area contributed by atoms with E-state index in [2.05, 4.69) is 21.2 Å². The van der Waals surface area contributed by atoms with Crippen LogP contribution in [0.15, 0.2) is 15.9 Å². The molecule has 16 heavy (non-hydrogen) atoms. The molecule has 1 saturated heterocycles. The van der Waals surface area contributed by atoms with Crippen molar-refractivity contribution in [2.24, 2.45) is 0 Å². The molecule has 1 aliphatic heterocycles. The minimum absolute atomic E-state index is 0.174. The maximum atomic E-state index is 11.9. The van der Waals surface area contributed by atoms with E-state index >= 15 is 0 Å². The van der Waals surface area contributed by atoms with Crippen LogP contribution in [0.1, 0.15) is 24.1 Å². The van der Waals surface area contributed by atoms with Crippen molar-refractivity contribution in [1.82, 2.24) is 5.32 Å². The first-order chi connectivity index (χ1) is 7.77. The molecule has 0 spiro atoms. The highest BCUT2D eigenvalue weighted by molar-refractivity contribution is 9.10. The van der Waals surface area contributed by atoms with Crippen LogP contribution in [-0.4, -0.2) is 16.9 Å². The second kappa shape index (κ2) is 6.07. The number of carbonyl (C=O) groups excluding carboxylic acids is 1. The van der Waals surface area contributed by atoms with E-state index in [1.54, 1.807) is 23.1 Å². The summed E-state index contributed by atoms with van der Waals surface area (Å²) in [4.78, 5) is 13.1. The number of rotatable bonds is 3. The number of amides is 1. The highest BCUT2D eigenvalue weighted by atomic mass is 79.9. The van der Waals surface area contributed by atoms with Gasteiger partial charge in [-0.3, -0.25) is 4.79 Å². The summed E-state index contributed by atoms with van der Waals surface area (Å²) in [5.74, 6) is 1.32. The fourth-order valence-electron chi connectivity index (χ4n) is 1.68. The Morgan fingerprint density at radius 1 is 1.56 bits per heavy atom. The van der Waals surface area contributed by atoms with E-state index in [0.717, 1.165) is 16.6 Å². The molecular formula is C11H14BrNOS2. The zero-order valence-corrected chi connectivity index (χ0v) is 12.1. The monoisotopic (exact) mass is 319 g/mol. The molecule has 1 aliphatic rings. The number of halogens is 1. The number of nitrogens with one attached hydrogen (secondary N) is 1. The lowest BCUT2D eigenvalue weighted by molar-refractivity contribution is -0.120. The van der Waals surface area contributed by atoms with Crippen LogP contribution in [0.2, 0.25) is 0 Å². The maximum Gasteiger partial charge on any atom is 0.233 e. The van der Waals surface area contributed by atoms with Gasteiger partial charge in [0, 0.05) is 9.35 Å². The Morgan fingerprint density at radius 2 is 2.44 bits per heavy atom. The molecule has 2 heterocycles. The Labute approximate surface area is 112 Å². The summed E-state index contributed by atoms with van der Waals surface area (Å²) in [5.41, 5.74) is 0. The van der Waals surface area contributed by atoms with Crippen LogP contribution in [0.5, 0.6) is 0 Å². The lowest BCUT2D eigenvalue weighted by atomic mass is 10.2. The highest BCUT2D eigenvalue weighted by Gasteiger charge is 2.21. The predicted molar refractivity (Wildman–Crippen MR) is 74.0 cm³/mol. The quantitative estimate of drug-likeness (QED) is 0.925. The minimum Gasteiger partial charge on any atom is -0.350 e. The van der Waals surface area contributed by atoms with Gasteiger partial charge in [-0.15, -0.1) is 23.1 Å². The van der Waals surface area contributed by atoms with E-state index in [1.807, 2.05) is 11.4 Å². The molecule has 1 amide bonds. The first-order valence-corrected chi connectivity index (χ1v) is 8.10. The second-order valence-electron chi connectivity index (χ2n) is 3.76. The summed E-state index contributed by atoms with van der Waals surface area (Å²) in [6.45, 7) is 0.647. The SMILES string of the molecule is O=C(NCc1sccc1Br)C1CCCCS1. The molecule has 0 aromatic carbocycles. The molecule has 0 saturated carbocycles. The smallest absolute Gasteiger partial charge is 0.233 e. The molecule has 0 aliphatic carbocycles. The first kappa shape index (κ1) is 12.5. The summed E-state index contributed by atoms with van der Waals surface area (Å²) >= 11 is 6.93. The van der Waals surface area contributed by atoms with E-state index in [0.29, 0.717) is 6.54 Å². The third kappa shape index (κ3) is 3.25. The molecule has 1 aromatic rings. The van der Waals surface area contributed by atoms with Crippen molar-refractivity contribution in [2.45, 2.75) is 31.1 Å². The lowest BCUT2D eigenvalue weighted by Crippen LogP contribution is -2.33. The number of hydrogen-bond donors (Lipinski definition) is 1. The van der Waals surface area contributed by atoms with Gasteiger partial charge in [0.2, 0.25) is 5.91 Å². The fourth-order valence-corrected chi connectivity index (χ4v) is 4.34. The zero-order valence-electron chi connectivity index (χ0n) is 8.87. The van der Waals surface area contributed by atoms with Gasteiger partial charge in [0.1, 0.15) is 0 Å².